The summed E-state index contributed by atoms with van der Waals surface area (Å²) in [4.78, 5) is 42.7. The van der Waals surface area contributed by atoms with Crippen molar-refractivity contribution in [1.82, 2.24) is 14.9 Å². The summed E-state index contributed by atoms with van der Waals surface area (Å²) >= 11 is 2.30. The van der Waals surface area contributed by atoms with Gasteiger partial charge in [0.2, 0.25) is 0 Å². The number of thiazole rings is 2. The van der Waals surface area contributed by atoms with Gasteiger partial charge >= 0.3 is 35.5 Å². The SMILES string of the molecule is CO/N=C(/C([O-])=N[C@@H]1C(=O)N2C(C(=O)O)=C(c3csc(N)n3)CC[C@H]12)c1csc(N)n1.[Na+]. The second-order valence-electron chi connectivity index (χ2n) is 6.59. The Morgan fingerprint density at radius 1 is 1.31 bits per heavy atom. The number of aliphatic imine (C=N–C) groups is 1. The van der Waals surface area contributed by atoms with E-state index in [4.69, 9.17) is 16.3 Å². The molecule has 12 nitrogen and oxygen atoms in total. The molecule has 1 amide bonds. The summed E-state index contributed by atoms with van der Waals surface area (Å²) in [5.41, 5.74) is 11.9. The van der Waals surface area contributed by atoms with Gasteiger partial charge in [0.1, 0.15) is 30.3 Å². The minimum absolute atomic E-state index is 0. The van der Waals surface area contributed by atoms with E-state index < -0.39 is 29.9 Å². The number of β-lactam (4-membered cyclic amide) rings is 1. The standard InChI is InChI=1S/C17H17N7O5S2.Na/c1-29-23-10(8-5-31-17(19)21-8)13(25)22-11-9-3-2-6(7-4-30-16(18)20-7)12(15(27)28)24(9)14(11)26;/h4-5,9,11H,2-3H2,1H3,(H2,18,20)(H2,19,21)(H,22,25)(H,27,28);/q;+1/p-1/b23-10+;/t9-,11+;/m1./s1. The third-order valence-electron chi connectivity index (χ3n) is 4.84. The number of nitrogens with two attached hydrogens (primary N) is 2. The normalized spacial score (nSPS) is 21.0. The van der Waals surface area contributed by atoms with Crippen molar-refractivity contribution >= 4 is 62.0 Å². The Bertz CT molecular complexity index is 1160. The van der Waals surface area contributed by atoms with E-state index in [1.54, 1.807) is 5.38 Å². The fourth-order valence-corrected chi connectivity index (χ4v) is 4.69. The molecule has 2 atom stereocenters. The Morgan fingerprint density at radius 3 is 2.56 bits per heavy atom. The van der Waals surface area contributed by atoms with Crippen molar-refractivity contribution in [3.8, 4) is 0 Å². The third-order valence-corrected chi connectivity index (χ3v) is 6.19. The van der Waals surface area contributed by atoms with Crippen molar-refractivity contribution in [2.24, 2.45) is 10.1 Å². The van der Waals surface area contributed by atoms with Crippen LogP contribution in [0.2, 0.25) is 0 Å². The zero-order chi connectivity index (χ0) is 22.3. The van der Waals surface area contributed by atoms with Gasteiger partial charge in [0.15, 0.2) is 10.3 Å². The first kappa shape index (κ1) is 24.1. The number of carboxylic acid groups (broad SMARTS) is 1. The first-order valence-electron chi connectivity index (χ1n) is 8.90. The third kappa shape index (κ3) is 4.23. The van der Waals surface area contributed by atoms with E-state index in [1.807, 2.05) is 0 Å². The molecule has 5 N–H and O–H groups in total. The molecule has 0 saturated carbocycles. The molecule has 1 saturated heterocycles. The van der Waals surface area contributed by atoms with Crippen LogP contribution in [-0.4, -0.2) is 62.7 Å². The topological polar surface area (TPSA) is 192 Å². The molecule has 0 radical (unpaired) electrons. The van der Waals surface area contributed by atoms with Gasteiger partial charge in [-0.15, -0.1) is 22.7 Å². The number of nitrogens with zero attached hydrogens (tertiary/aromatic N) is 5. The number of allylic oxidation sites excluding steroid dienone is 1. The van der Waals surface area contributed by atoms with E-state index in [0.29, 0.717) is 29.2 Å². The average Bonchev–Trinajstić information content (AvgIpc) is 3.36. The van der Waals surface area contributed by atoms with Crippen LogP contribution in [0.3, 0.4) is 0 Å². The Hall–Kier alpha value is -2.52. The van der Waals surface area contributed by atoms with Gasteiger partial charge in [-0.3, -0.25) is 14.7 Å². The molecule has 2 aromatic rings. The first-order valence-corrected chi connectivity index (χ1v) is 10.7. The van der Waals surface area contributed by atoms with Crippen molar-refractivity contribution in [1.29, 1.82) is 0 Å². The largest absolute Gasteiger partial charge is 1.00 e. The molecule has 1 fully saturated rings. The number of anilines is 2. The van der Waals surface area contributed by atoms with Crippen molar-refractivity contribution in [2.45, 2.75) is 24.9 Å². The van der Waals surface area contributed by atoms with Crippen LogP contribution in [0.5, 0.6) is 0 Å². The number of fused-ring (bicyclic) bond motifs is 1. The quantitative estimate of drug-likeness (QED) is 0.124. The smallest absolute Gasteiger partial charge is 0.857 e. The molecule has 4 heterocycles. The molecule has 2 aromatic heterocycles. The van der Waals surface area contributed by atoms with Gasteiger partial charge < -0.3 is 26.5 Å². The van der Waals surface area contributed by atoms with Gasteiger partial charge in [0.05, 0.1) is 11.7 Å². The molecule has 0 spiro atoms. The molecule has 32 heavy (non-hydrogen) atoms. The fraction of sp³-hybridized carbons (Fsp3) is 0.294. The molecule has 0 bridgehead atoms. The van der Waals surface area contributed by atoms with E-state index in [-0.39, 0.29) is 51.8 Å². The van der Waals surface area contributed by atoms with E-state index in [1.165, 1.54) is 23.8 Å². The number of hydrogen-bond acceptors (Lipinski definition) is 12. The zero-order valence-electron chi connectivity index (χ0n) is 17.0. The number of carbonyl (C=O) groups excluding carboxylic acids is 1. The maximum absolute atomic E-state index is 12.8. The molecular formula is C17H16N7NaO5S2. The maximum atomic E-state index is 12.8. The molecule has 0 unspecified atom stereocenters. The summed E-state index contributed by atoms with van der Waals surface area (Å²) in [5, 5.41) is 29.8. The predicted molar refractivity (Wildman–Crippen MR) is 112 cm³/mol. The molecule has 162 valence electrons. The molecule has 4 rings (SSSR count). The van der Waals surface area contributed by atoms with Crippen molar-refractivity contribution in [2.75, 3.05) is 18.6 Å². The summed E-state index contributed by atoms with van der Waals surface area (Å²) in [6.07, 6.45) is 0.762. The second kappa shape index (κ2) is 9.54. The number of amides is 1. The fourth-order valence-electron chi connectivity index (χ4n) is 3.57. The minimum atomic E-state index is -1.26. The molecule has 0 aliphatic carbocycles. The number of rotatable bonds is 6. The van der Waals surface area contributed by atoms with E-state index in [0.717, 1.165) is 16.2 Å². The first-order chi connectivity index (χ1) is 14.8. The summed E-state index contributed by atoms with van der Waals surface area (Å²) in [6.45, 7) is 0. The molecule has 0 aromatic carbocycles. The van der Waals surface area contributed by atoms with Crippen molar-refractivity contribution in [3.63, 3.8) is 0 Å². The summed E-state index contributed by atoms with van der Waals surface area (Å²) in [5.74, 6) is -2.65. The summed E-state index contributed by atoms with van der Waals surface area (Å²) in [6, 6.07) is -1.59. The van der Waals surface area contributed by atoms with Gasteiger partial charge in [-0.1, -0.05) is 5.16 Å². The number of oxime groups is 1. The van der Waals surface area contributed by atoms with Crippen LogP contribution in [-0.2, 0) is 14.4 Å². The van der Waals surface area contributed by atoms with E-state index >= 15 is 0 Å². The van der Waals surface area contributed by atoms with Gasteiger partial charge in [0, 0.05) is 22.2 Å². The molecular weight excluding hydrogens is 469 g/mol. The van der Waals surface area contributed by atoms with Gasteiger partial charge in [-0.25, -0.2) is 14.8 Å². The molecule has 15 heteroatoms. The number of carboxylic acids is 1. The number of hydrogen-bond donors (Lipinski definition) is 3. The number of nitrogen functional groups attached to an aromatic ring is 2. The van der Waals surface area contributed by atoms with Gasteiger partial charge in [-0.05, 0) is 12.8 Å². The second-order valence-corrected chi connectivity index (χ2v) is 8.37. The minimum Gasteiger partial charge on any atom is -0.857 e. The van der Waals surface area contributed by atoms with Crippen LogP contribution >= 0.6 is 22.7 Å². The van der Waals surface area contributed by atoms with Crippen LogP contribution in [0.25, 0.3) is 5.57 Å². The Balaban J connectivity index is 0.00000289. The Kier molecular flexibility index (Phi) is 7.19. The van der Waals surface area contributed by atoms with Crippen LogP contribution in [0.15, 0.2) is 26.6 Å². The summed E-state index contributed by atoms with van der Waals surface area (Å²) in [7, 11) is 1.26. The zero-order valence-corrected chi connectivity index (χ0v) is 20.6. The van der Waals surface area contributed by atoms with Crippen LogP contribution in [0, 0.1) is 0 Å². The molecule has 2 aliphatic heterocycles. The average molecular weight is 485 g/mol. The van der Waals surface area contributed by atoms with Crippen LogP contribution in [0.1, 0.15) is 24.2 Å². The van der Waals surface area contributed by atoms with Crippen LogP contribution < -0.4 is 46.1 Å². The number of aromatic nitrogens is 2. The van der Waals surface area contributed by atoms with Crippen molar-refractivity contribution in [3.05, 3.63) is 27.8 Å². The predicted octanol–water partition coefficient (Wildman–Crippen LogP) is -3.25. The van der Waals surface area contributed by atoms with Crippen molar-refractivity contribution < 1.29 is 54.2 Å². The number of carbonyl (C=O) groups is 2. The molecule has 2 aliphatic rings. The monoisotopic (exact) mass is 485 g/mol. The van der Waals surface area contributed by atoms with Gasteiger partial charge in [0.25, 0.3) is 5.91 Å². The summed E-state index contributed by atoms with van der Waals surface area (Å²) < 4.78 is 0. The van der Waals surface area contributed by atoms with E-state index in [2.05, 4.69) is 20.1 Å². The van der Waals surface area contributed by atoms with E-state index in [9.17, 15) is 19.8 Å². The Labute approximate surface area is 211 Å². The number of aliphatic carboxylic acids is 1. The van der Waals surface area contributed by atoms with Gasteiger partial charge in [-0.2, -0.15) is 0 Å². The Morgan fingerprint density at radius 2 is 2.00 bits per heavy atom. The van der Waals surface area contributed by atoms with Crippen LogP contribution in [0.4, 0.5) is 10.3 Å². The maximum Gasteiger partial charge on any atom is 1.00 e.